The molecule has 2 amide bonds. The summed E-state index contributed by atoms with van der Waals surface area (Å²) in [6, 6.07) is 11.2. The number of phenolic OH excluding ortho intramolecular Hbond substituents is 1. The van der Waals surface area contributed by atoms with Gasteiger partial charge in [-0.05, 0) is 36.4 Å². The summed E-state index contributed by atoms with van der Waals surface area (Å²) in [5, 5.41) is 16.6. The minimum absolute atomic E-state index is 0.0842. The van der Waals surface area contributed by atoms with Crippen molar-refractivity contribution in [3.05, 3.63) is 58.6 Å². The largest absolute Gasteiger partial charge is 0.504 e. The van der Waals surface area contributed by atoms with E-state index in [1.165, 1.54) is 13.3 Å². The van der Waals surface area contributed by atoms with Crippen LogP contribution in [0.3, 0.4) is 0 Å². The Morgan fingerprint density at radius 3 is 2.64 bits per heavy atom. The molecule has 0 spiro atoms. The number of aromatic hydroxyl groups is 1. The molecule has 0 radical (unpaired) electrons. The Morgan fingerprint density at radius 1 is 1.24 bits per heavy atom. The molecule has 130 valence electrons. The topological polar surface area (TPSA) is 100 Å². The molecular weight excluding hydrogens is 346 g/mol. The number of halogens is 1. The Balaban J connectivity index is 1.84. The molecule has 8 heteroatoms. The summed E-state index contributed by atoms with van der Waals surface area (Å²) < 4.78 is 4.97. The molecule has 0 aliphatic heterocycles. The zero-order chi connectivity index (χ0) is 18.2. The highest BCUT2D eigenvalue weighted by atomic mass is 35.5. The zero-order valence-corrected chi connectivity index (χ0v) is 14.1. The van der Waals surface area contributed by atoms with E-state index in [-0.39, 0.29) is 12.3 Å². The van der Waals surface area contributed by atoms with Crippen molar-refractivity contribution < 1.29 is 19.4 Å². The van der Waals surface area contributed by atoms with Crippen molar-refractivity contribution in [1.29, 1.82) is 0 Å². The van der Waals surface area contributed by atoms with Crippen LogP contribution in [0.25, 0.3) is 0 Å². The highest BCUT2D eigenvalue weighted by Crippen LogP contribution is 2.27. The van der Waals surface area contributed by atoms with E-state index in [2.05, 4.69) is 15.8 Å². The maximum Gasteiger partial charge on any atom is 0.259 e. The van der Waals surface area contributed by atoms with Gasteiger partial charge >= 0.3 is 0 Å². The lowest BCUT2D eigenvalue weighted by Gasteiger charge is -2.05. The molecule has 0 aliphatic carbocycles. The van der Waals surface area contributed by atoms with E-state index in [0.717, 1.165) is 0 Å². The van der Waals surface area contributed by atoms with Crippen molar-refractivity contribution in [2.45, 2.75) is 0 Å². The molecule has 0 atom stereocenters. The first-order valence-corrected chi connectivity index (χ1v) is 7.60. The van der Waals surface area contributed by atoms with E-state index in [1.54, 1.807) is 42.5 Å². The van der Waals surface area contributed by atoms with Gasteiger partial charge in [-0.1, -0.05) is 17.7 Å². The lowest BCUT2D eigenvalue weighted by Crippen LogP contribution is -2.34. The number of hydrogen-bond acceptors (Lipinski definition) is 5. The number of nitrogens with zero attached hydrogens (tertiary/aromatic N) is 1. The fourth-order valence-electron chi connectivity index (χ4n) is 1.89. The van der Waals surface area contributed by atoms with Gasteiger partial charge in [0.05, 0.1) is 19.9 Å². The van der Waals surface area contributed by atoms with Gasteiger partial charge in [0.1, 0.15) is 0 Å². The molecule has 0 fully saturated rings. The second-order valence-electron chi connectivity index (χ2n) is 4.88. The summed E-state index contributed by atoms with van der Waals surface area (Å²) in [7, 11) is 1.43. The van der Waals surface area contributed by atoms with Crippen molar-refractivity contribution in [3.8, 4) is 11.5 Å². The van der Waals surface area contributed by atoms with E-state index in [0.29, 0.717) is 21.9 Å². The molecule has 7 nitrogen and oxygen atoms in total. The predicted molar refractivity (Wildman–Crippen MR) is 94.2 cm³/mol. The van der Waals surface area contributed by atoms with Gasteiger partial charge in [0.2, 0.25) is 0 Å². The number of methoxy groups -OCH3 is 1. The van der Waals surface area contributed by atoms with Crippen LogP contribution in [0.4, 0.5) is 0 Å². The van der Waals surface area contributed by atoms with Crippen molar-refractivity contribution in [2.24, 2.45) is 5.10 Å². The zero-order valence-electron chi connectivity index (χ0n) is 13.3. The van der Waals surface area contributed by atoms with Crippen LogP contribution in [0, 0.1) is 0 Å². The minimum atomic E-state index is -0.513. The Hall–Kier alpha value is -3.06. The molecule has 2 aromatic carbocycles. The number of rotatable bonds is 6. The van der Waals surface area contributed by atoms with Gasteiger partial charge in [-0.3, -0.25) is 9.59 Å². The normalized spacial score (nSPS) is 10.5. The summed E-state index contributed by atoms with van der Waals surface area (Å²) in [6.45, 7) is -0.247. The van der Waals surface area contributed by atoms with E-state index in [4.69, 9.17) is 16.3 Å². The highest BCUT2D eigenvalue weighted by molar-refractivity contribution is 6.30. The molecule has 0 saturated heterocycles. The number of hydrogen-bond donors (Lipinski definition) is 3. The third-order valence-electron chi connectivity index (χ3n) is 3.16. The number of benzene rings is 2. The van der Waals surface area contributed by atoms with Gasteiger partial charge < -0.3 is 15.2 Å². The molecule has 0 heterocycles. The Bertz CT molecular complexity index is 791. The third kappa shape index (κ3) is 5.22. The third-order valence-corrected chi connectivity index (χ3v) is 3.41. The van der Waals surface area contributed by atoms with Crippen LogP contribution in [-0.2, 0) is 4.79 Å². The van der Waals surface area contributed by atoms with Crippen LogP contribution in [0.2, 0.25) is 5.02 Å². The van der Waals surface area contributed by atoms with Gasteiger partial charge in [0, 0.05) is 16.1 Å². The SMILES string of the molecule is COc1cccc(/C=N/NC(=O)CNC(=O)c2ccc(Cl)cc2)c1O. The quantitative estimate of drug-likeness (QED) is 0.540. The number of para-hydroxylation sites is 1. The fourth-order valence-corrected chi connectivity index (χ4v) is 2.01. The first-order chi connectivity index (χ1) is 12.0. The molecule has 0 aliphatic rings. The first-order valence-electron chi connectivity index (χ1n) is 7.23. The van der Waals surface area contributed by atoms with Crippen molar-refractivity contribution in [1.82, 2.24) is 10.7 Å². The Labute approximate surface area is 149 Å². The van der Waals surface area contributed by atoms with E-state index >= 15 is 0 Å². The molecule has 2 aromatic rings. The Kier molecular flexibility index (Phi) is 6.36. The lowest BCUT2D eigenvalue weighted by atomic mass is 10.2. The summed E-state index contributed by atoms with van der Waals surface area (Å²) in [5.74, 6) is -0.702. The maximum atomic E-state index is 11.9. The summed E-state index contributed by atoms with van der Waals surface area (Å²) in [5.41, 5.74) is 3.02. The monoisotopic (exact) mass is 361 g/mol. The number of carbonyl (C=O) groups excluding carboxylic acids is 2. The van der Waals surface area contributed by atoms with E-state index in [1.807, 2.05) is 0 Å². The van der Waals surface area contributed by atoms with Crippen molar-refractivity contribution >= 4 is 29.6 Å². The highest BCUT2D eigenvalue weighted by Gasteiger charge is 2.08. The number of amides is 2. The molecule has 2 rings (SSSR count). The van der Waals surface area contributed by atoms with Crippen molar-refractivity contribution in [2.75, 3.05) is 13.7 Å². The van der Waals surface area contributed by atoms with Crippen LogP contribution < -0.4 is 15.5 Å². The average molecular weight is 362 g/mol. The van der Waals surface area contributed by atoms with Crippen molar-refractivity contribution in [3.63, 3.8) is 0 Å². The van der Waals surface area contributed by atoms with Crippen LogP contribution in [0.15, 0.2) is 47.6 Å². The van der Waals surface area contributed by atoms with Crippen LogP contribution in [0.1, 0.15) is 15.9 Å². The number of ether oxygens (including phenoxy) is 1. The lowest BCUT2D eigenvalue weighted by molar-refractivity contribution is -0.120. The van der Waals surface area contributed by atoms with Gasteiger partial charge in [-0.25, -0.2) is 5.43 Å². The smallest absolute Gasteiger partial charge is 0.259 e. The molecule has 0 saturated carbocycles. The molecule has 0 unspecified atom stereocenters. The number of carbonyl (C=O) groups is 2. The molecule has 0 aromatic heterocycles. The summed E-state index contributed by atoms with van der Waals surface area (Å²) in [6.07, 6.45) is 1.27. The summed E-state index contributed by atoms with van der Waals surface area (Å²) in [4.78, 5) is 23.5. The molecule has 25 heavy (non-hydrogen) atoms. The number of hydrazone groups is 1. The Morgan fingerprint density at radius 2 is 1.96 bits per heavy atom. The summed E-state index contributed by atoms with van der Waals surface area (Å²) >= 11 is 5.74. The molecular formula is C17H16ClN3O4. The first kappa shape index (κ1) is 18.3. The van der Waals surface area contributed by atoms with Crippen LogP contribution in [-0.4, -0.2) is 36.8 Å². The van der Waals surface area contributed by atoms with Gasteiger partial charge in [-0.15, -0.1) is 0 Å². The molecule has 3 N–H and O–H groups in total. The number of nitrogens with one attached hydrogen (secondary N) is 2. The maximum absolute atomic E-state index is 11.9. The fraction of sp³-hybridized carbons (Fsp3) is 0.118. The van der Waals surface area contributed by atoms with Gasteiger partial charge in [-0.2, -0.15) is 5.10 Å². The van der Waals surface area contributed by atoms with E-state index in [9.17, 15) is 14.7 Å². The second-order valence-corrected chi connectivity index (χ2v) is 5.32. The van der Waals surface area contributed by atoms with Gasteiger partial charge in [0.25, 0.3) is 11.8 Å². The van der Waals surface area contributed by atoms with Gasteiger partial charge in [0.15, 0.2) is 11.5 Å². The van der Waals surface area contributed by atoms with Crippen LogP contribution in [0.5, 0.6) is 11.5 Å². The standard InChI is InChI=1S/C17H16ClN3O4/c1-25-14-4-2-3-12(16(14)23)9-20-21-15(22)10-19-17(24)11-5-7-13(18)8-6-11/h2-9,23H,10H2,1H3,(H,19,24)(H,21,22)/b20-9+. The molecule has 0 bridgehead atoms. The minimum Gasteiger partial charge on any atom is -0.504 e. The predicted octanol–water partition coefficient (Wildman–Crippen LogP) is 1.93. The van der Waals surface area contributed by atoms with E-state index < -0.39 is 11.8 Å². The average Bonchev–Trinajstić information content (AvgIpc) is 2.61. The number of phenols is 1. The second kappa shape index (κ2) is 8.70. The van der Waals surface area contributed by atoms with Crippen LogP contribution >= 0.6 is 11.6 Å².